The molecule has 1 amide bonds. The van der Waals surface area contributed by atoms with Gasteiger partial charge in [-0.25, -0.2) is 13.4 Å². The highest BCUT2D eigenvalue weighted by atomic mass is 35.5. The van der Waals surface area contributed by atoms with Gasteiger partial charge in [0.05, 0.1) is 15.1 Å². The van der Waals surface area contributed by atoms with Gasteiger partial charge in [0.1, 0.15) is 0 Å². The Labute approximate surface area is 178 Å². The van der Waals surface area contributed by atoms with Crippen molar-refractivity contribution in [2.45, 2.75) is 30.6 Å². The number of anilines is 1. The van der Waals surface area contributed by atoms with Gasteiger partial charge in [-0.05, 0) is 49.2 Å². The van der Waals surface area contributed by atoms with Crippen LogP contribution in [-0.2, 0) is 10.0 Å². The second-order valence-electron chi connectivity index (χ2n) is 6.93. The van der Waals surface area contributed by atoms with Gasteiger partial charge in [0.15, 0.2) is 5.13 Å². The van der Waals surface area contributed by atoms with Crippen molar-refractivity contribution >= 4 is 54.2 Å². The van der Waals surface area contributed by atoms with Crippen molar-refractivity contribution in [3.8, 4) is 0 Å². The number of rotatable bonds is 4. The molecule has 0 aliphatic carbocycles. The third kappa shape index (κ3) is 4.45. The fourth-order valence-electron chi connectivity index (χ4n) is 3.35. The zero-order valence-corrected chi connectivity index (χ0v) is 18.0. The van der Waals surface area contributed by atoms with Crippen LogP contribution in [0, 0.1) is 0 Å². The number of halogens is 1. The van der Waals surface area contributed by atoms with Crippen LogP contribution in [0.25, 0.3) is 10.2 Å². The average Bonchev–Trinajstić information content (AvgIpc) is 2.91. The molecule has 1 fully saturated rings. The zero-order valence-electron chi connectivity index (χ0n) is 15.6. The molecular weight excluding hydrogens is 430 g/mol. The van der Waals surface area contributed by atoms with Crippen LogP contribution in [-0.4, -0.2) is 36.7 Å². The second kappa shape index (κ2) is 8.39. The molecule has 29 heavy (non-hydrogen) atoms. The molecule has 0 unspecified atom stereocenters. The van der Waals surface area contributed by atoms with Crippen LogP contribution in [0.4, 0.5) is 5.13 Å². The van der Waals surface area contributed by atoms with E-state index in [9.17, 15) is 13.2 Å². The number of nitrogens with one attached hydrogen (secondary N) is 1. The fourth-order valence-corrected chi connectivity index (χ4v) is 6.05. The molecule has 1 aromatic heterocycles. The summed E-state index contributed by atoms with van der Waals surface area (Å²) in [6.45, 7) is 1.04. The van der Waals surface area contributed by atoms with E-state index in [1.165, 1.54) is 27.8 Å². The summed E-state index contributed by atoms with van der Waals surface area (Å²) < 4.78 is 28.4. The summed E-state index contributed by atoms with van der Waals surface area (Å²) in [5, 5.41) is 3.79. The van der Waals surface area contributed by atoms with Gasteiger partial charge >= 0.3 is 0 Å². The van der Waals surface area contributed by atoms with Crippen molar-refractivity contribution < 1.29 is 13.2 Å². The van der Waals surface area contributed by atoms with Gasteiger partial charge in [-0.15, -0.1) is 0 Å². The standard InChI is InChI=1S/C20H20ClN3O3S2/c21-15-8-9-17-18(13-15)28-20(22-17)23-19(25)14-6-5-7-16(12-14)29(26,27)24-10-3-1-2-4-11-24/h5-9,12-13H,1-4,10-11H2,(H,22,23,25). The molecule has 9 heteroatoms. The maximum absolute atomic E-state index is 13.0. The summed E-state index contributed by atoms with van der Waals surface area (Å²) in [4.78, 5) is 17.2. The Hall–Kier alpha value is -2.00. The Morgan fingerprint density at radius 3 is 2.59 bits per heavy atom. The first-order chi connectivity index (χ1) is 13.9. The van der Waals surface area contributed by atoms with Gasteiger partial charge < -0.3 is 0 Å². The molecule has 1 saturated heterocycles. The van der Waals surface area contributed by atoms with Crippen molar-refractivity contribution in [1.82, 2.24) is 9.29 Å². The normalized spacial score (nSPS) is 15.9. The van der Waals surface area contributed by atoms with Crippen LogP contribution in [0.3, 0.4) is 0 Å². The molecule has 4 rings (SSSR count). The van der Waals surface area contributed by atoms with E-state index in [1.54, 1.807) is 30.3 Å². The van der Waals surface area contributed by atoms with Crippen molar-refractivity contribution in [2.75, 3.05) is 18.4 Å². The molecule has 0 radical (unpaired) electrons. The minimum atomic E-state index is -3.61. The van der Waals surface area contributed by atoms with Crippen LogP contribution < -0.4 is 5.32 Å². The zero-order chi connectivity index (χ0) is 20.4. The summed E-state index contributed by atoms with van der Waals surface area (Å²) in [6, 6.07) is 11.5. The molecule has 2 aromatic carbocycles. The highest BCUT2D eigenvalue weighted by molar-refractivity contribution is 7.89. The van der Waals surface area contributed by atoms with Gasteiger partial charge in [-0.3, -0.25) is 10.1 Å². The smallest absolute Gasteiger partial charge is 0.257 e. The van der Waals surface area contributed by atoms with Crippen LogP contribution in [0.5, 0.6) is 0 Å². The quantitative estimate of drug-likeness (QED) is 0.622. The molecule has 3 aromatic rings. The largest absolute Gasteiger partial charge is 0.298 e. The number of amides is 1. The van der Waals surface area contributed by atoms with E-state index in [4.69, 9.17) is 11.6 Å². The summed E-state index contributed by atoms with van der Waals surface area (Å²) in [5.74, 6) is -0.400. The molecule has 0 atom stereocenters. The topological polar surface area (TPSA) is 79.4 Å². The molecule has 0 saturated carbocycles. The molecule has 0 bridgehead atoms. The van der Waals surface area contributed by atoms with Crippen LogP contribution >= 0.6 is 22.9 Å². The number of sulfonamides is 1. The molecule has 152 valence electrons. The third-order valence-electron chi connectivity index (χ3n) is 4.87. The SMILES string of the molecule is O=C(Nc1nc2ccc(Cl)cc2s1)c1cccc(S(=O)(=O)N2CCCCCC2)c1. The lowest BCUT2D eigenvalue weighted by Crippen LogP contribution is -2.32. The van der Waals surface area contributed by atoms with E-state index in [0.29, 0.717) is 23.2 Å². The van der Waals surface area contributed by atoms with Gasteiger partial charge in [0.2, 0.25) is 10.0 Å². The van der Waals surface area contributed by atoms with Crippen LogP contribution in [0.15, 0.2) is 47.4 Å². The lowest BCUT2D eigenvalue weighted by molar-refractivity contribution is 0.102. The Bertz CT molecular complexity index is 1150. The van der Waals surface area contributed by atoms with E-state index < -0.39 is 15.9 Å². The summed E-state index contributed by atoms with van der Waals surface area (Å²) in [5.41, 5.74) is 1.02. The molecule has 2 heterocycles. The summed E-state index contributed by atoms with van der Waals surface area (Å²) in [6.07, 6.45) is 3.81. The predicted octanol–water partition coefficient (Wildman–Crippen LogP) is 4.77. The van der Waals surface area contributed by atoms with E-state index in [0.717, 1.165) is 35.9 Å². The van der Waals surface area contributed by atoms with E-state index in [1.807, 2.05) is 0 Å². The van der Waals surface area contributed by atoms with Crippen molar-refractivity contribution in [3.05, 3.63) is 53.1 Å². The number of benzene rings is 2. The summed E-state index contributed by atoms with van der Waals surface area (Å²) >= 11 is 7.31. The maximum Gasteiger partial charge on any atom is 0.257 e. The molecule has 1 N–H and O–H groups in total. The number of carbonyl (C=O) groups excluding carboxylic acids is 1. The van der Waals surface area contributed by atoms with Gasteiger partial charge in [0, 0.05) is 23.7 Å². The number of carbonyl (C=O) groups is 1. The number of hydrogen-bond donors (Lipinski definition) is 1. The Balaban J connectivity index is 1.56. The minimum absolute atomic E-state index is 0.142. The van der Waals surface area contributed by atoms with Gasteiger partial charge in [-0.1, -0.05) is 41.8 Å². The number of fused-ring (bicyclic) bond motifs is 1. The first kappa shape index (κ1) is 20.3. The van der Waals surface area contributed by atoms with Gasteiger partial charge in [-0.2, -0.15) is 4.31 Å². The monoisotopic (exact) mass is 449 g/mol. The highest BCUT2D eigenvalue weighted by Crippen LogP contribution is 2.29. The van der Waals surface area contributed by atoms with Crippen molar-refractivity contribution in [1.29, 1.82) is 0 Å². The first-order valence-corrected chi connectivity index (χ1v) is 12.0. The third-order valence-corrected chi connectivity index (χ3v) is 7.93. The van der Waals surface area contributed by atoms with Crippen LogP contribution in [0.2, 0.25) is 5.02 Å². The number of nitrogens with zero attached hydrogens (tertiary/aromatic N) is 2. The predicted molar refractivity (Wildman–Crippen MR) is 116 cm³/mol. The van der Waals surface area contributed by atoms with Crippen molar-refractivity contribution in [2.24, 2.45) is 0 Å². The number of thiazole rings is 1. The molecule has 1 aliphatic rings. The van der Waals surface area contributed by atoms with Crippen LogP contribution in [0.1, 0.15) is 36.0 Å². The number of aromatic nitrogens is 1. The maximum atomic E-state index is 13.0. The first-order valence-electron chi connectivity index (χ1n) is 9.41. The number of hydrogen-bond acceptors (Lipinski definition) is 5. The molecule has 6 nitrogen and oxygen atoms in total. The van der Waals surface area contributed by atoms with E-state index >= 15 is 0 Å². The Morgan fingerprint density at radius 2 is 1.83 bits per heavy atom. The second-order valence-corrected chi connectivity index (χ2v) is 10.3. The summed E-state index contributed by atoms with van der Waals surface area (Å²) in [7, 11) is -3.61. The minimum Gasteiger partial charge on any atom is -0.298 e. The van der Waals surface area contributed by atoms with E-state index in [2.05, 4.69) is 10.3 Å². The van der Waals surface area contributed by atoms with E-state index in [-0.39, 0.29) is 10.5 Å². The average molecular weight is 450 g/mol. The fraction of sp³-hybridized carbons (Fsp3) is 0.300. The molecular formula is C20H20ClN3O3S2. The highest BCUT2D eigenvalue weighted by Gasteiger charge is 2.26. The molecule has 1 aliphatic heterocycles. The van der Waals surface area contributed by atoms with Gasteiger partial charge in [0.25, 0.3) is 5.91 Å². The Morgan fingerprint density at radius 1 is 1.07 bits per heavy atom. The lowest BCUT2D eigenvalue weighted by atomic mass is 10.2. The molecule has 0 spiro atoms. The Kier molecular flexibility index (Phi) is 5.87. The lowest BCUT2D eigenvalue weighted by Gasteiger charge is -2.20. The van der Waals surface area contributed by atoms with Crippen molar-refractivity contribution in [3.63, 3.8) is 0 Å².